The summed E-state index contributed by atoms with van der Waals surface area (Å²) >= 11 is 0. The van der Waals surface area contributed by atoms with E-state index in [1.807, 2.05) is 53.2 Å². The SMILES string of the molecule is COC(=O)/C=C/c1ccc(C[n+]2ccn(C(=O)c3ccccc3)c2)cc1.[Br-]. The molecule has 0 atom stereocenters. The Kier molecular flexibility index (Phi) is 7.25. The molecule has 0 saturated carbocycles. The molecule has 6 heteroatoms. The van der Waals surface area contributed by atoms with Crippen molar-refractivity contribution in [3.8, 4) is 0 Å². The molecule has 0 bridgehead atoms. The Morgan fingerprint density at radius 3 is 2.44 bits per heavy atom. The molecule has 0 unspecified atom stereocenters. The van der Waals surface area contributed by atoms with Gasteiger partial charge in [0, 0.05) is 6.08 Å². The summed E-state index contributed by atoms with van der Waals surface area (Å²) in [6.07, 6.45) is 8.49. The van der Waals surface area contributed by atoms with Crippen molar-refractivity contribution in [3.63, 3.8) is 0 Å². The van der Waals surface area contributed by atoms with Gasteiger partial charge in [-0.3, -0.25) is 0 Å². The summed E-state index contributed by atoms with van der Waals surface area (Å²) in [6.45, 7) is 0.649. The summed E-state index contributed by atoms with van der Waals surface area (Å²) in [5.41, 5.74) is 2.66. The fourth-order valence-corrected chi connectivity index (χ4v) is 2.51. The summed E-state index contributed by atoms with van der Waals surface area (Å²) in [4.78, 5) is 23.5. The van der Waals surface area contributed by atoms with Gasteiger partial charge < -0.3 is 21.7 Å². The van der Waals surface area contributed by atoms with Crippen molar-refractivity contribution in [1.82, 2.24) is 4.57 Å². The van der Waals surface area contributed by atoms with E-state index in [1.165, 1.54) is 13.2 Å². The molecule has 3 aromatic rings. The van der Waals surface area contributed by atoms with Crippen LogP contribution in [0.25, 0.3) is 6.08 Å². The van der Waals surface area contributed by atoms with E-state index in [4.69, 9.17) is 0 Å². The summed E-state index contributed by atoms with van der Waals surface area (Å²) in [5.74, 6) is -0.443. The zero-order valence-electron chi connectivity index (χ0n) is 14.8. The Labute approximate surface area is 168 Å². The molecule has 0 aliphatic heterocycles. The third-order valence-electron chi connectivity index (χ3n) is 3.90. The highest BCUT2D eigenvalue weighted by molar-refractivity contribution is 5.95. The van der Waals surface area contributed by atoms with E-state index in [-0.39, 0.29) is 28.9 Å². The average molecular weight is 427 g/mol. The second kappa shape index (κ2) is 9.64. The minimum Gasteiger partial charge on any atom is -1.00 e. The van der Waals surface area contributed by atoms with Gasteiger partial charge in [-0.05, 0) is 29.3 Å². The summed E-state index contributed by atoms with van der Waals surface area (Å²) in [5, 5.41) is 0. The van der Waals surface area contributed by atoms with Gasteiger partial charge in [-0.2, -0.15) is 4.57 Å². The molecular formula is C21H19BrN2O3. The largest absolute Gasteiger partial charge is 1.00 e. The molecule has 0 saturated heterocycles. The molecule has 1 heterocycles. The highest BCUT2D eigenvalue weighted by atomic mass is 79.9. The number of rotatable bonds is 5. The smallest absolute Gasteiger partial charge is 0.345 e. The fraction of sp³-hybridized carbons (Fsp3) is 0.0952. The molecule has 2 aromatic carbocycles. The number of carbonyl (C=O) groups excluding carboxylic acids is 2. The third-order valence-corrected chi connectivity index (χ3v) is 3.90. The topological polar surface area (TPSA) is 52.2 Å². The van der Waals surface area contributed by atoms with Crippen molar-refractivity contribution < 1.29 is 35.9 Å². The van der Waals surface area contributed by atoms with Gasteiger partial charge in [-0.25, -0.2) is 14.2 Å². The van der Waals surface area contributed by atoms with Crippen molar-refractivity contribution in [3.05, 3.63) is 96.1 Å². The molecule has 0 N–H and O–H groups in total. The van der Waals surface area contributed by atoms with Crippen molar-refractivity contribution in [2.24, 2.45) is 0 Å². The number of hydrogen-bond donors (Lipinski definition) is 0. The maximum absolute atomic E-state index is 12.4. The molecule has 27 heavy (non-hydrogen) atoms. The molecule has 0 radical (unpaired) electrons. The molecule has 0 aliphatic carbocycles. The lowest BCUT2D eigenvalue weighted by atomic mass is 10.1. The lowest BCUT2D eigenvalue weighted by Crippen LogP contribution is -3.00. The third kappa shape index (κ3) is 5.49. The maximum atomic E-state index is 12.4. The van der Waals surface area contributed by atoms with Crippen LogP contribution < -0.4 is 21.5 Å². The van der Waals surface area contributed by atoms with E-state index in [0.29, 0.717) is 12.1 Å². The van der Waals surface area contributed by atoms with Crippen molar-refractivity contribution in [2.45, 2.75) is 6.54 Å². The van der Waals surface area contributed by atoms with E-state index < -0.39 is 0 Å². The Morgan fingerprint density at radius 2 is 1.78 bits per heavy atom. The van der Waals surface area contributed by atoms with Crippen LogP contribution >= 0.6 is 0 Å². The van der Waals surface area contributed by atoms with Crippen molar-refractivity contribution >= 4 is 18.0 Å². The Hall–Kier alpha value is -2.99. The highest BCUT2D eigenvalue weighted by Gasteiger charge is 2.15. The van der Waals surface area contributed by atoms with Gasteiger partial charge in [0.1, 0.15) is 18.9 Å². The minimum absolute atomic E-state index is 0. The Bertz CT molecular complexity index is 932. The van der Waals surface area contributed by atoms with Gasteiger partial charge in [-0.15, -0.1) is 0 Å². The first-order valence-corrected chi connectivity index (χ1v) is 8.17. The molecule has 0 aliphatic rings. The van der Waals surface area contributed by atoms with E-state index in [2.05, 4.69) is 4.74 Å². The second-order valence-electron chi connectivity index (χ2n) is 5.76. The van der Waals surface area contributed by atoms with Gasteiger partial charge in [0.15, 0.2) is 0 Å². The molecule has 0 amide bonds. The van der Waals surface area contributed by atoms with Gasteiger partial charge in [0.25, 0.3) is 6.33 Å². The van der Waals surface area contributed by atoms with Crippen molar-refractivity contribution in [1.29, 1.82) is 0 Å². The number of aromatic nitrogens is 2. The van der Waals surface area contributed by atoms with Gasteiger partial charge >= 0.3 is 11.9 Å². The predicted molar refractivity (Wildman–Crippen MR) is 97.4 cm³/mol. The van der Waals surface area contributed by atoms with Gasteiger partial charge in [0.05, 0.1) is 12.7 Å². The van der Waals surface area contributed by atoms with Crippen LogP contribution in [0.2, 0.25) is 0 Å². The number of imidazole rings is 1. The zero-order valence-corrected chi connectivity index (χ0v) is 16.4. The number of benzene rings is 2. The number of hydrogen-bond acceptors (Lipinski definition) is 3. The van der Waals surface area contributed by atoms with E-state index in [1.54, 1.807) is 35.3 Å². The monoisotopic (exact) mass is 426 g/mol. The van der Waals surface area contributed by atoms with Crippen LogP contribution in [-0.2, 0) is 16.1 Å². The molecule has 0 spiro atoms. The second-order valence-corrected chi connectivity index (χ2v) is 5.76. The molecule has 3 rings (SSSR count). The first kappa shape index (κ1) is 20.3. The summed E-state index contributed by atoms with van der Waals surface area (Å²) in [7, 11) is 1.35. The lowest BCUT2D eigenvalue weighted by molar-refractivity contribution is -0.687. The first-order chi connectivity index (χ1) is 12.7. The molecule has 138 valence electrons. The number of nitrogens with zero attached hydrogens (tertiary/aromatic N) is 2. The van der Waals surface area contributed by atoms with Gasteiger partial charge in [0.2, 0.25) is 0 Å². The number of carbonyl (C=O) groups is 2. The normalized spacial score (nSPS) is 10.4. The van der Waals surface area contributed by atoms with Crippen LogP contribution in [-0.4, -0.2) is 23.6 Å². The standard InChI is InChI=1S/C21H19N2O3.BrH/c1-26-20(24)12-11-17-7-9-18(10-8-17)15-22-13-14-23(16-22)21(25)19-5-3-2-4-6-19;/h2-14,16H,15H2,1H3;1H/q+1;/p-1/b12-11+;. The maximum Gasteiger partial charge on any atom is 0.345 e. The average Bonchev–Trinajstić information content (AvgIpc) is 3.15. The fourth-order valence-electron chi connectivity index (χ4n) is 2.51. The summed E-state index contributed by atoms with van der Waals surface area (Å²) < 4.78 is 8.09. The van der Waals surface area contributed by atoms with E-state index >= 15 is 0 Å². The molecule has 5 nitrogen and oxygen atoms in total. The number of ether oxygens (including phenoxy) is 1. The van der Waals surface area contributed by atoms with Crippen LogP contribution in [0.5, 0.6) is 0 Å². The van der Waals surface area contributed by atoms with E-state index in [0.717, 1.165) is 11.1 Å². The number of esters is 1. The van der Waals surface area contributed by atoms with Crippen molar-refractivity contribution in [2.75, 3.05) is 7.11 Å². The molecule has 0 fully saturated rings. The van der Waals surface area contributed by atoms with Crippen LogP contribution in [0.4, 0.5) is 0 Å². The van der Waals surface area contributed by atoms with E-state index in [9.17, 15) is 9.59 Å². The first-order valence-electron chi connectivity index (χ1n) is 8.17. The molecule has 1 aromatic heterocycles. The zero-order chi connectivity index (χ0) is 18.4. The quantitative estimate of drug-likeness (QED) is 0.319. The molecular weight excluding hydrogens is 408 g/mol. The van der Waals surface area contributed by atoms with Crippen LogP contribution in [0.3, 0.4) is 0 Å². The predicted octanol–water partition coefficient (Wildman–Crippen LogP) is -0.297. The summed E-state index contributed by atoms with van der Waals surface area (Å²) in [6, 6.07) is 17.0. The highest BCUT2D eigenvalue weighted by Crippen LogP contribution is 2.07. The minimum atomic E-state index is -0.381. The Balaban J connectivity index is 0.00000261. The number of methoxy groups -OCH3 is 1. The van der Waals surface area contributed by atoms with Gasteiger partial charge in [-0.1, -0.05) is 42.5 Å². The van der Waals surface area contributed by atoms with Crippen LogP contribution in [0.1, 0.15) is 21.5 Å². The number of halogens is 1. The Morgan fingerprint density at radius 1 is 1.07 bits per heavy atom. The lowest BCUT2D eigenvalue weighted by Gasteiger charge is -1.99. The van der Waals surface area contributed by atoms with Crippen LogP contribution in [0, 0.1) is 0 Å². The van der Waals surface area contributed by atoms with Crippen LogP contribution in [0.15, 0.2) is 79.4 Å².